The average Bonchev–Trinajstić information content (AvgIpc) is 2.98. The van der Waals surface area contributed by atoms with Gasteiger partial charge in [-0.15, -0.1) is 0 Å². The van der Waals surface area contributed by atoms with E-state index in [0.717, 1.165) is 38.5 Å². The summed E-state index contributed by atoms with van der Waals surface area (Å²) >= 11 is 0. The van der Waals surface area contributed by atoms with Gasteiger partial charge >= 0.3 is 5.97 Å². The molecule has 0 heterocycles. The first-order valence-electron chi connectivity index (χ1n) is 7.97. The van der Waals surface area contributed by atoms with Gasteiger partial charge in [0.15, 0.2) is 0 Å². The third kappa shape index (κ3) is 3.33. The minimum absolute atomic E-state index is 0.0632. The molecule has 0 radical (unpaired) electrons. The van der Waals surface area contributed by atoms with E-state index in [1.807, 2.05) is 0 Å². The normalized spacial score (nSPS) is 28.8. The summed E-state index contributed by atoms with van der Waals surface area (Å²) < 4.78 is 0. The van der Waals surface area contributed by atoms with E-state index < -0.39 is 5.97 Å². The van der Waals surface area contributed by atoms with E-state index >= 15 is 0 Å². The summed E-state index contributed by atoms with van der Waals surface area (Å²) in [5.41, 5.74) is -0.185. The first-order chi connectivity index (χ1) is 9.43. The second-order valence-electron chi connectivity index (χ2n) is 7.10. The highest BCUT2D eigenvalue weighted by Gasteiger charge is 2.42. The van der Waals surface area contributed by atoms with Crippen molar-refractivity contribution in [2.24, 2.45) is 17.3 Å². The highest BCUT2D eigenvalue weighted by molar-refractivity contribution is 5.83. The molecule has 0 aromatic heterocycles. The van der Waals surface area contributed by atoms with Gasteiger partial charge in [0.1, 0.15) is 0 Å². The molecule has 2 fully saturated rings. The number of carboxylic acid groups (broad SMARTS) is 1. The molecule has 4 nitrogen and oxygen atoms in total. The van der Waals surface area contributed by atoms with Gasteiger partial charge in [0, 0.05) is 11.5 Å². The number of aliphatic carboxylic acids is 1. The van der Waals surface area contributed by atoms with Crippen LogP contribution in [0.3, 0.4) is 0 Å². The molecule has 4 heteroatoms. The Bertz CT molecular complexity index is 372. The molecule has 0 aromatic rings. The van der Waals surface area contributed by atoms with Crippen LogP contribution in [-0.2, 0) is 9.59 Å². The average molecular weight is 281 g/mol. The number of amides is 1. The lowest BCUT2D eigenvalue weighted by atomic mass is 9.77. The fourth-order valence-electron chi connectivity index (χ4n) is 4.03. The summed E-state index contributed by atoms with van der Waals surface area (Å²) in [5, 5.41) is 12.2. The topological polar surface area (TPSA) is 66.4 Å². The van der Waals surface area contributed by atoms with Crippen LogP contribution in [0.2, 0.25) is 0 Å². The van der Waals surface area contributed by atoms with Crippen molar-refractivity contribution in [1.82, 2.24) is 5.32 Å². The van der Waals surface area contributed by atoms with Crippen LogP contribution in [0, 0.1) is 17.3 Å². The van der Waals surface area contributed by atoms with Crippen LogP contribution in [0.15, 0.2) is 0 Å². The Labute approximate surface area is 121 Å². The van der Waals surface area contributed by atoms with Gasteiger partial charge in [-0.3, -0.25) is 9.59 Å². The molecule has 2 aliphatic carbocycles. The fourth-order valence-corrected chi connectivity index (χ4v) is 4.03. The largest absolute Gasteiger partial charge is 0.481 e. The number of nitrogens with one attached hydrogen (secondary N) is 1. The number of rotatable bonds is 5. The standard InChI is InChI=1S/C16H27NO3/c1-11(2)10-16(7-3-4-8-16)15(20)17-13-6-5-12(9-13)14(18)19/h11-13H,3-10H2,1-2H3,(H,17,20)(H,18,19)/t12-,13+/m1/s1. The minimum atomic E-state index is -0.723. The number of hydrogen-bond acceptors (Lipinski definition) is 2. The zero-order chi connectivity index (χ0) is 14.8. The summed E-state index contributed by atoms with van der Waals surface area (Å²) in [4.78, 5) is 23.7. The van der Waals surface area contributed by atoms with Gasteiger partial charge in [-0.05, 0) is 44.4 Å². The number of carbonyl (C=O) groups excluding carboxylic acids is 1. The Morgan fingerprint density at radius 2 is 1.90 bits per heavy atom. The summed E-state index contributed by atoms with van der Waals surface area (Å²) in [6.07, 6.45) is 7.31. The van der Waals surface area contributed by atoms with Crippen molar-refractivity contribution >= 4 is 11.9 Å². The molecule has 0 unspecified atom stereocenters. The molecule has 0 spiro atoms. The van der Waals surface area contributed by atoms with E-state index in [1.165, 1.54) is 0 Å². The molecule has 1 amide bonds. The molecule has 0 saturated heterocycles. The zero-order valence-corrected chi connectivity index (χ0v) is 12.7. The first kappa shape index (κ1) is 15.3. The maximum Gasteiger partial charge on any atom is 0.306 e. The molecule has 20 heavy (non-hydrogen) atoms. The van der Waals surface area contributed by atoms with Gasteiger partial charge in [0.2, 0.25) is 5.91 Å². The lowest BCUT2D eigenvalue weighted by Crippen LogP contribution is -2.44. The van der Waals surface area contributed by atoms with Crippen LogP contribution in [0.5, 0.6) is 0 Å². The Hall–Kier alpha value is -1.06. The van der Waals surface area contributed by atoms with E-state index in [0.29, 0.717) is 18.8 Å². The molecule has 114 valence electrons. The molecule has 0 aromatic carbocycles. The smallest absolute Gasteiger partial charge is 0.306 e. The predicted octanol–water partition coefficient (Wildman–Crippen LogP) is 2.96. The Morgan fingerprint density at radius 1 is 1.25 bits per heavy atom. The van der Waals surface area contributed by atoms with Crippen LogP contribution in [0.4, 0.5) is 0 Å². The van der Waals surface area contributed by atoms with E-state index in [-0.39, 0.29) is 23.3 Å². The summed E-state index contributed by atoms with van der Waals surface area (Å²) in [7, 11) is 0. The maximum atomic E-state index is 12.7. The van der Waals surface area contributed by atoms with Crippen molar-refractivity contribution in [2.45, 2.75) is 71.3 Å². The number of carbonyl (C=O) groups is 2. The van der Waals surface area contributed by atoms with Crippen LogP contribution < -0.4 is 5.32 Å². The lowest BCUT2D eigenvalue weighted by Gasteiger charge is -2.31. The minimum Gasteiger partial charge on any atom is -0.481 e. The van der Waals surface area contributed by atoms with Crippen molar-refractivity contribution in [3.8, 4) is 0 Å². The van der Waals surface area contributed by atoms with Gasteiger partial charge < -0.3 is 10.4 Å². The fraction of sp³-hybridized carbons (Fsp3) is 0.875. The van der Waals surface area contributed by atoms with E-state index in [2.05, 4.69) is 19.2 Å². The highest BCUT2D eigenvalue weighted by Crippen LogP contribution is 2.43. The van der Waals surface area contributed by atoms with Crippen molar-refractivity contribution < 1.29 is 14.7 Å². The molecule has 2 atom stereocenters. The van der Waals surface area contributed by atoms with Gasteiger partial charge in [-0.25, -0.2) is 0 Å². The van der Waals surface area contributed by atoms with Gasteiger partial charge in [0.25, 0.3) is 0 Å². The quantitative estimate of drug-likeness (QED) is 0.814. The molecule has 0 aliphatic heterocycles. The van der Waals surface area contributed by atoms with Gasteiger partial charge in [-0.1, -0.05) is 26.7 Å². The molecule has 2 rings (SSSR count). The predicted molar refractivity (Wildman–Crippen MR) is 77.3 cm³/mol. The summed E-state index contributed by atoms with van der Waals surface area (Å²) in [5.74, 6) is -0.293. The highest BCUT2D eigenvalue weighted by atomic mass is 16.4. The maximum absolute atomic E-state index is 12.7. The van der Waals surface area contributed by atoms with Gasteiger partial charge in [0.05, 0.1) is 5.92 Å². The Balaban J connectivity index is 1.94. The third-order valence-electron chi connectivity index (χ3n) is 4.96. The second kappa shape index (κ2) is 6.15. The lowest BCUT2D eigenvalue weighted by molar-refractivity contribution is -0.141. The monoisotopic (exact) mass is 281 g/mol. The zero-order valence-electron chi connectivity index (χ0n) is 12.7. The SMILES string of the molecule is CC(C)CC1(C(=O)N[C@H]2CC[C@@H](C(=O)O)C2)CCCC1. The van der Waals surface area contributed by atoms with Crippen LogP contribution >= 0.6 is 0 Å². The van der Waals surface area contributed by atoms with Crippen molar-refractivity contribution in [1.29, 1.82) is 0 Å². The molecule has 0 bridgehead atoms. The number of hydrogen-bond donors (Lipinski definition) is 2. The van der Waals surface area contributed by atoms with Crippen LogP contribution in [0.1, 0.15) is 65.2 Å². The Morgan fingerprint density at radius 3 is 2.40 bits per heavy atom. The second-order valence-corrected chi connectivity index (χ2v) is 7.10. The number of carboxylic acids is 1. The van der Waals surface area contributed by atoms with Crippen molar-refractivity contribution in [2.75, 3.05) is 0 Å². The van der Waals surface area contributed by atoms with Gasteiger partial charge in [-0.2, -0.15) is 0 Å². The summed E-state index contributed by atoms with van der Waals surface area (Å²) in [6.45, 7) is 4.34. The molecule has 2 aliphatic rings. The first-order valence-corrected chi connectivity index (χ1v) is 7.97. The van der Waals surface area contributed by atoms with E-state index in [1.54, 1.807) is 0 Å². The molecular weight excluding hydrogens is 254 g/mol. The molecule has 2 saturated carbocycles. The van der Waals surface area contributed by atoms with Crippen molar-refractivity contribution in [3.63, 3.8) is 0 Å². The van der Waals surface area contributed by atoms with E-state index in [9.17, 15) is 9.59 Å². The van der Waals surface area contributed by atoms with E-state index in [4.69, 9.17) is 5.11 Å². The third-order valence-corrected chi connectivity index (χ3v) is 4.96. The Kier molecular flexibility index (Phi) is 4.71. The summed E-state index contributed by atoms with van der Waals surface area (Å²) in [6, 6.07) is 0.0632. The molecular formula is C16H27NO3. The van der Waals surface area contributed by atoms with Crippen LogP contribution in [0.25, 0.3) is 0 Å². The van der Waals surface area contributed by atoms with Crippen molar-refractivity contribution in [3.05, 3.63) is 0 Å². The van der Waals surface area contributed by atoms with Crippen LogP contribution in [-0.4, -0.2) is 23.0 Å². The molecule has 2 N–H and O–H groups in total.